The molecule has 0 bridgehead atoms. The van der Waals surface area contributed by atoms with Crippen molar-refractivity contribution >= 4 is 27.6 Å². The van der Waals surface area contributed by atoms with Crippen LogP contribution in [0.3, 0.4) is 0 Å². The van der Waals surface area contributed by atoms with Gasteiger partial charge in [0.15, 0.2) is 5.75 Å². The highest BCUT2D eigenvalue weighted by atomic mass is 32.2. The minimum atomic E-state index is -3.99. The number of benzene rings is 4. The standard InChI is InChI=1S/C29H26N2O6S/c1-36-23-16-18-24(19-17-23)38(34,35)31-25-14-8-9-15-27(25)37-29(33)26(20-21-10-4-2-5-11-21)30-28(32)22-12-6-3-7-13-22/h2-19,26,31H,20H2,1H3,(H,30,32)/t26-/m0/s1. The van der Waals surface area contributed by atoms with Gasteiger partial charge in [-0.2, -0.15) is 0 Å². The maximum atomic E-state index is 13.3. The van der Waals surface area contributed by atoms with Gasteiger partial charge in [0.05, 0.1) is 17.7 Å². The molecule has 4 aromatic carbocycles. The molecular formula is C29H26N2O6S. The quantitative estimate of drug-likeness (QED) is 0.232. The topological polar surface area (TPSA) is 111 Å². The molecule has 0 saturated heterocycles. The second kappa shape index (κ2) is 12.1. The molecule has 0 saturated carbocycles. The lowest BCUT2D eigenvalue weighted by atomic mass is 10.1. The summed E-state index contributed by atoms with van der Waals surface area (Å²) in [7, 11) is -2.50. The molecule has 2 N–H and O–H groups in total. The first-order chi connectivity index (χ1) is 18.4. The van der Waals surface area contributed by atoms with Crippen LogP contribution < -0.4 is 19.5 Å². The Balaban J connectivity index is 1.56. The third kappa shape index (κ3) is 6.77. The van der Waals surface area contributed by atoms with E-state index in [1.807, 2.05) is 30.3 Å². The van der Waals surface area contributed by atoms with E-state index in [0.29, 0.717) is 11.3 Å². The van der Waals surface area contributed by atoms with Gasteiger partial charge in [-0.25, -0.2) is 13.2 Å². The lowest BCUT2D eigenvalue weighted by Gasteiger charge is -2.19. The number of sulfonamides is 1. The average Bonchev–Trinajstić information content (AvgIpc) is 2.94. The van der Waals surface area contributed by atoms with E-state index in [2.05, 4.69) is 10.0 Å². The largest absolute Gasteiger partial charge is 0.497 e. The van der Waals surface area contributed by atoms with Crippen LogP contribution in [0.5, 0.6) is 11.5 Å². The summed E-state index contributed by atoms with van der Waals surface area (Å²) in [5, 5.41) is 2.74. The predicted octanol–water partition coefficient (Wildman–Crippen LogP) is 4.44. The summed E-state index contributed by atoms with van der Waals surface area (Å²) in [6.07, 6.45) is 0.179. The van der Waals surface area contributed by atoms with Gasteiger partial charge in [0.1, 0.15) is 11.8 Å². The Morgan fingerprint density at radius 1 is 0.789 bits per heavy atom. The third-order valence-electron chi connectivity index (χ3n) is 5.62. The number of anilines is 1. The van der Waals surface area contributed by atoms with Gasteiger partial charge < -0.3 is 14.8 Å². The van der Waals surface area contributed by atoms with Crippen LogP contribution in [0.4, 0.5) is 5.69 Å². The molecule has 0 aliphatic carbocycles. The molecule has 4 rings (SSSR count). The Morgan fingerprint density at radius 3 is 2.05 bits per heavy atom. The molecule has 38 heavy (non-hydrogen) atoms. The second-order valence-electron chi connectivity index (χ2n) is 8.28. The highest BCUT2D eigenvalue weighted by Crippen LogP contribution is 2.28. The van der Waals surface area contributed by atoms with Gasteiger partial charge in [-0.3, -0.25) is 9.52 Å². The molecule has 0 aromatic heterocycles. The number of para-hydroxylation sites is 2. The molecule has 0 fully saturated rings. The number of methoxy groups -OCH3 is 1. The Kier molecular flexibility index (Phi) is 8.40. The summed E-state index contributed by atoms with van der Waals surface area (Å²) < 4.78 is 39.1. The molecule has 1 amide bonds. The van der Waals surface area contributed by atoms with Gasteiger partial charge in [-0.05, 0) is 54.1 Å². The first-order valence-electron chi connectivity index (χ1n) is 11.7. The normalized spacial score (nSPS) is 11.7. The van der Waals surface area contributed by atoms with Crippen LogP contribution in [0.15, 0.2) is 114 Å². The van der Waals surface area contributed by atoms with Crippen LogP contribution >= 0.6 is 0 Å². The van der Waals surface area contributed by atoms with Crippen LogP contribution in [0.2, 0.25) is 0 Å². The summed E-state index contributed by atoms with van der Waals surface area (Å²) >= 11 is 0. The number of ether oxygens (including phenoxy) is 2. The highest BCUT2D eigenvalue weighted by molar-refractivity contribution is 7.92. The summed E-state index contributed by atoms with van der Waals surface area (Å²) in [5.41, 5.74) is 1.28. The van der Waals surface area contributed by atoms with E-state index in [-0.39, 0.29) is 22.8 Å². The van der Waals surface area contributed by atoms with Crippen molar-refractivity contribution in [3.8, 4) is 11.5 Å². The summed E-state index contributed by atoms with van der Waals surface area (Å²) in [4.78, 5) is 26.2. The number of esters is 1. The number of hydrogen-bond donors (Lipinski definition) is 2. The van der Waals surface area contributed by atoms with Gasteiger partial charge in [-0.1, -0.05) is 60.7 Å². The van der Waals surface area contributed by atoms with Gasteiger partial charge in [-0.15, -0.1) is 0 Å². The van der Waals surface area contributed by atoms with Crippen molar-refractivity contribution < 1.29 is 27.5 Å². The van der Waals surface area contributed by atoms with E-state index < -0.39 is 27.9 Å². The van der Waals surface area contributed by atoms with Crippen LogP contribution in [0.1, 0.15) is 15.9 Å². The predicted molar refractivity (Wildman–Crippen MR) is 144 cm³/mol. The van der Waals surface area contributed by atoms with Gasteiger partial charge in [0.25, 0.3) is 15.9 Å². The molecule has 0 unspecified atom stereocenters. The smallest absolute Gasteiger partial charge is 0.334 e. The monoisotopic (exact) mass is 530 g/mol. The Morgan fingerprint density at radius 2 is 1.39 bits per heavy atom. The number of carbonyl (C=O) groups is 2. The van der Waals surface area contributed by atoms with E-state index >= 15 is 0 Å². The molecule has 0 aliphatic heterocycles. The lowest BCUT2D eigenvalue weighted by Crippen LogP contribution is -2.44. The zero-order valence-electron chi connectivity index (χ0n) is 20.5. The van der Waals surface area contributed by atoms with E-state index in [0.717, 1.165) is 5.56 Å². The van der Waals surface area contributed by atoms with E-state index in [1.165, 1.54) is 43.5 Å². The Bertz CT molecular complexity index is 1490. The fourth-order valence-corrected chi connectivity index (χ4v) is 4.72. The molecule has 4 aromatic rings. The molecule has 0 aliphatic rings. The molecule has 1 atom stereocenters. The van der Waals surface area contributed by atoms with Gasteiger partial charge in [0.2, 0.25) is 0 Å². The number of rotatable bonds is 10. The summed E-state index contributed by atoms with van der Waals surface area (Å²) in [5.74, 6) is -0.659. The number of amides is 1. The highest BCUT2D eigenvalue weighted by Gasteiger charge is 2.26. The van der Waals surface area contributed by atoms with Crippen molar-refractivity contribution in [1.82, 2.24) is 5.32 Å². The van der Waals surface area contributed by atoms with Gasteiger partial charge in [0, 0.05) is 12.0 Å². The number of nitrogens with one attached hydrogen (secondary N) is 2. The zero-order chi connectivity index (χ0) is 27.0. The molecule has 0 heterocycles. The zero-order valence-corrected chi connectivity index (χ0v) is 21.4. The Hall–Kier alpha value is -4.63. The second-order valence-corrected chi connectivity index (χ2v) is 9.96. The Labute approximate surface area is 221 Å². The van der Waals surface area contributed by atoms with Crippen molar-refractivity contribution in [3.05, 3.63) is 120 Å². The third-order valence-corrected chi connectivity index (χ3v) is 7.00. The molecule has 194 valence electrons. The summed E-state index contributed by atoms with van der Waals surface area (Å²) in [6, 6.07) is 28.8. The van der Waals surface area contributed by atoms with Crippen molar-refractivity contribution in [1.29, 1.82) is 0 Å². The maximum Gasteiger partial charge on any atom is 0.334 e. The van der Waals surface area contributed by atoms with Crippen LogP contribution in [-0.2, 0) is 21.2 Å². The first kappa shape index (κ1) is 26.4. The SMILES string of the molecule is COc1ccc(S(=O)(=O)Nc2ccccc2OC(=O)[C@H](Cc2ccccc2)NC(=O)c2ccccc2)cc1. The minimum absolute atomic E-state index is 0.00149. The number of hydrogen-bond acceptors (Lipinski definition) is 6. The molecule has 0 radical (unpaired) electrons. The molecule has 9 heteroatoms. The average molecular weight is 531 g/mol. The lowest BCUT2D eigenvalue weighted by molar-refractivity contribution is -0.136. The molecule has 8 nitrogen and oxygen atoms in total. The summed E-state index contributed by atoms with van der Waals surface area (Å²) in [6.45, 7) is 0. The fourth-order valence-electron chi connectivity index (χ4n) is 3.65. The molecular weight excluding hydrogens is 504 g/mol. The van der Waals surface area contributed by atoms with E-state index in [1.54, 1.807) is 42.5 Å². The van der Waals surface area contributed by atoms with Crippen LogP contribution in [0.25, 0.3) is 0 Å². The van der Waals surface area contributed by atoms with Crippen LogP contribution in [0, 0.1) is 0 Å². The number of carbonyl (C=O) groups excluding carboxylic acids is 2. The van der Waals surface area contributed by atoms with E-state index in [9.17, 15) is 18.0 Å². The fraction of sp³-hybridized carbons (Fsp3) is 0.103. The van der Waals surface area contributed by atoms with Crippen molar-refractivity contribution in [3.63, 3.8) is 0 Å². The maximum absolute atomic E-state index is 13.3. The van der Waals surface area contributed by atoms with Crippen molar-refractivity contribution in [2.24, 2.45) is 0 Å². The minimum Gasteiger partial charge on any atom is -0.497 e. The van der Waals surface area contributed by atoms with Crippen molar-refractivity contribution in [2.75, 3.05) is 11.8 Å². The van der Waals surface area contributed by atoms with Gasteiger partial charge >= 0.3 is 5.97 Å². The first-order valence-corrected chi connectivity index (χ1v) is 13.2. The van der Waals surface area contributed by atoms with E-state index in [4.69, 9.17) is 9.47 Å². The van der Waals surface area contributed by atoms with Crippen molar-refractivity contribution in [2.45, 2.75) is 17.4 Å². The van der Waals surface area contributed by atoms with Crippen LogP contribution in [-0.4, -0.2) is 33.4 Å². The molecule has 0 spiro atoms.